The van der Waals surface area contributed by atoms with Crippen LogP contribution in [0.2, 0.25) is 0 Å². The molecule has 66 heavy (non-hydrogen) atoms. The Morgan fingerprint density at radius 2 is 1.38 bits per heavy atom. The van der Waals surface area contributed by atoms with E-state index in [1.165, 1.54) is 34.9 Å². The van der Waals surface area contributed by atoms with E-state index in [4.69, 9.17) is 4.74 Å². The normalized spacial score (nSPS) is 15.5. The highest BCUT2D eigenvalue weighted by atomic mass is 32.2. The van der Waals surface area contributed by atoms with Crippen LogP contribution in [0.25, 0.3) is 0 Å². The summed E-state index contributed by atoms with van der Waals surface area (Å²) in [5.74, 6) is -0.788. The SMILES string of the molecule is CSCC[C@H](NC(=O)c1cc(N(C[C@@H]2C[C@H](SC(c3ccccc3)(c3ccccc3)c3ccccc3)CN2)C(=O)OC(C)(C)C)ccc1CCc1ccc(F)cc1)C(=O)c1ccccc1O. The van der Waals surface area contributed by atoms with Crippen molar-refractivity contribution >= 4 is 47.0 Å². The zero-order valence-corrected chi connectivity index (χ0v) is 39.5. The molecule has 1 aliphatic heterocycles. The summed E-state index contributed by atoms with van der Waals surface area (Å²) in [5, 5.41) is 17.5. The number of aryl methyl sites for hydroxylation is 2. The van der Waals surface area contributed by atoms with Crippen molar-refractivity contribution in [3.05, 3.63) is 202 Å². The van der Waals surface area contributed by atoms with Gasteiger partial charge in [-0.05, 0) is 123 Å². The van der Waals surface area contributed by atoms with Crippen molar-refractivity contribution in [2.24, 2.45) is 0 Å². The molecule has 1 heterocycles. The molecule has 3 atom stereocenters. The van der Waals surface area contributed by atoms with E-state index in [0.29, 0.717) is 48.4 Å². The Kier molecular flexibility index (Phi) is 16.1. The summed E-state index contributed by atoms with van der Waals surface area (Å²) >= 11 is 3.46. The molecule has 0 spiro atoms. The van der Waals surface area contributed by atoms with Crippen LogP contribution in [0.5, 0.6) is 5.75 Å². The fraction of sp³-hybridized carbons (Fsp3) is 0.291. The van der Waals surface area contributed by atoms with Crippen molar-refractivity contribution < 1.29 is 28.6 Å². The van der Waals surface area contributed by atoms with E-state index in [0.717, 1.165) is 12.0 Å². The summed E-state index contributed by atoms with van der Waals surface area (Å²) in [6.07, 6.45) is 3.40. The van der Waals surface area contributed by atoms with Crippen LogP contribution in [-0.4, -0.2) is 70.9 Å². The molecule has 1 aliphatic rings. The smallest absolute Gasteiger partial charge is 0.414 e. The van der Waals surface area contributed by atoms with Gasteiger partial charge in [-0.3, -0.25) is 14.5 Å². The third-order valence-electron chi connectivity index (χ3n) is 11.7. The average molecular weight is 924 g/mol. The van der Waals surface area contributed by atoms with Crippen LogP contribution in [0.4, 0.5) is 14.9 Å². The summed E-state index contributed by atoms with van der Waals surface area (Å²) in [7, 11) is 0. The number of nitrogens with one attached hydrogen (secondary N) is 2. The molecule has 0 unspecified atom stereocenters. The lowest BCUT2D eigenvalue weighted by Crippen LogP contribution is -2.44. The van der Waals surface area contributed by atoms with E-state index in [-0.39, 0.29) is 35.0 Å². The highest BCUT2D eigenvalue weighted by molar-refractivity contribution is 8.01. The summed E-state index contributed by atoms with van der Waals surface area (Å²) in [6.45, 7) is 6.44. The van der Waals surface area contributed by atoms with Crippen LogP contribution in [0, 0.1) is 5.82 Å². The molecule has 342 valence electrons. The summed E-state index contributed by atoms with van der Waals surface area (Å²) < 4.78 is 19.4. The number of thioether (sulfide) groups is 2. The molecule has 0 saturated carbocycles. The van der Waals surface area contributed by atoms with Crippen molar-refractivity contribution in [2.45, 2.75) is 74.1 Å². The van der Waals surface area contributed by atoms with E-state index in [2.05, 4.69) is 83.4 Å². The van der Waals surface area contributed by atoms with E-state index in [9.17, 15) is 23.9 Å². The number of halogens is 1. The van der Waals surface area contributed by atoms with Gasteiger partial charge in [0.1, 0.15) is 17.2 Å². The zero-order valence-electron chi connectivity index (χ0n) is 37.9. The largest absolute Gasteiger partial charge is 0.507 e. The molecule has 11 heteroatoms. The van der Waals surface area contributed by atoms with E-state index in [1.54, 1.807) is 53.1 Å². The average Bonchev–Trinajstić information content (AvgIpc) is 3.77. The van der Waals surface area contributed by atoms with E-state index >= 15 is 0 Å². The molecule has 6 aromatic carbocycles. The number of carbonyl (C=O) groups excluding carboxylic acids is 3. The number of phenols is 1. The monoisotopic (exact) mass is 923 g/mol. The molecule has 0 aromatic heterocycles. The standard InChI is InChI=1S/C55H58FN3O5S2/c1-54(2,3)64-53(63)59(37-44-34-46(36-57-44)66-55(40-16-8-5-9-17-40,41-18-10-6-11-19-41)42-20-12-7-13-21-42)45-31-28-39(27-24-38-25-29-43(56)30-26-38)48(35-45)52(62)58-49(32-33-65-4)51(61)47-22-14-15-23-50(47)60/h5-23,25-26,28-31,35,44,46,49,57,60H,24,27,32-34,36-37H2,1-4H3,(H,58,62)/t44-,46-,49-/m0/s1. The Hall–Kier alpha value is -5.88. The predicted octanol–water partition coefficient (Wildman–Crippen LogP) is 11.2. The molecular weight excluding hydrogens is 866 g/mol. The predicted molar refractivity (Wildman–Crippen MR) is 268 cm³/mol. The summed E-state index contributed by atoms with van der Waals surface area (Å²) in [5.41, 5.74) is 5.20. The topological polar surface area (TPSA) is 108 Å². The van der Waals surface area contributed by atoms with Gasteiger partial charge in [0.05, 0.1) is 16.4 Å². The number of hydrogen-bond donors (Lipinski definition) is 3. The van der Waals surface area contributed by atoms with Gasteiger partial charge in [-0.1, -0.05) is 121 Å². The molecular formula is C55H58FN3O5S2. The molecule has 7 rings (SSSR count). The molecule has 2 amide bonds. The van der Waals surface area contributed by atoms with Crippen molar-refractivity contribution in [1.29, 1.82) is 0 Å². The number of carbonyl (C=O) groups is 3. The number of phenolic OH excluding ortho intramolecular Hbond substituents is 1. The van der Waals surface area contributed by atoms with Crippen LogP contribution in [0.15, 0.2) is 158 Å². The van der Waals surface area contributed by atoms with Crippen LogP contribution >= 0.6 is 23.5 Å². The van der Waals surface area contributed by atoms with Gasteiger partial charge < -0.3 is 20.5 Å². The lowest BCUT2D eigenvalue weighted by molar-refractivity contribution is 0.0577. The quantitative estimate of drug-likeness (QED) is 0.0578. The number of rotatable bonds is 18. The van der Waals surface area contributed by atoms with Crippen LogP contribution in [-0.2, 0) is 22.3 Å². The number of anilines is 1. The molecule has 0 bridgehead atoms. The number of Topliss-reactive ketones (excluding diaryl/α,β-unsaturated/α-hetero) is 1. The fourth-order valence-electron chi connectivity index (χ4n) is 8.51. The van der Waals surface area contributed by atoms with Gasteiger partial charge >= 0.3 is 6.09 Å². The van der Waals surface area contributed by atoms with Gasteiger partial charge in [0.25, 0.3) is 5.91 Å². The number of nitrogens with zero attached hydrogens (tertiary/aromatic N) is 1. The molecule has 0 radical (unpaired) electrons. The van der Waals surface area contributed by atoms with E-state index < -0.39 is 34.2 Å². The first kappa shape index (κ1) is 48.1. The number of para-hydroxylation sites is 1. The second kappa shape index (κ2) is 22.1. The van der Waals surface area contributed by atoms with Gasteiger partial charge in [0.15, 0.2) is 5.78 Å². The lowest BCUT2D eigenvalue weighted by atomic mass is 9.84. The first-order valence-corrected chi connectivity index (χ1v) is 24.7. The number of amides is 2. The molecule has 1 saturated heterocycles. The van der Waals surface area contributed by atoms with Gasteiger partial charge in [-0.25, -0.2) is 9.18 Å². The highest BCUT2D eigenvalue weighted by Gasteiger charge is 2.42. The van der Waals surface area contributed by atoms with Crippen LogP contribution in [0.1, 0.15) is 82.1 Å². The van der Waals surface area contributed by atoms with Gasteiger partial charge in [0.2, 0.25) is 0 Å². The molecule has 0 aliphatic carbocycles. The molecule has 8 nitrogen and oxygen atoms in total. The Balaban J connectivity index is 1.21. The summed E-state index contributed by atoms with van der Waals surface area (Å²) in [4.78, 5) is 44.5. The Labute approximate surface area is 396 Å². The van der Waals surface area contributed by atoms with Gasteiger partial charge in [0, 0.05) is 35.6 Å². The maximum atomic E-state index is 14.6. The minimum Gasteiger partial charge on any atom is -0.507 e. The second-order valence-electron chi connectivity index (χ2n) is 17.6. The maximum Gasteiger partial charge on any atom is 0.414 e. The van der Waals surface area contributed by atoms with Crippen molar-refractivity contribution in [2.75, 3.05) is 30.0 Å². The lowest BCUT2D eigenvalue weighted by Gasteiger charge is -2.37. The number of ketones is 1. The molecule has 6 aromatic rings. The molecule has 1 fully saturated rings. The zero-order chi connectivity index (χ0) is 46.7. The maximum absolute atomic E-state index is 14.6. The van der Waals surface area contributed by atoms with E-state index in [1.807, 2.05) is 69.1 Å². The minimum atomic E-state index is -0.930. The first-order valence-electron chi connectivity index (χ1n) is 22.4. The minimum absolute atomic E-state index is 0.124. The fourth-order valence-corrected chi connectivity index (χ4v) is 10.8. The van der Waals surface area contributed by atoms with Gasteiger partial charge in [-0.15, -0.1) is 11.8 Å². The first-order chi connectivity index (χ1) is 31.8. The van der Waals surface area contributed by atoms with Crippen LogP contribution in [0.3, 0.4) is 0 Å². The van der Waals surface area contributed by atoms with Crippen molar-refractivity contribution in [1.82, 2.24) is 10.6 Å². The Morgan fingerprint density at radius 3 is 1.95 bits per heavy atom. The summed E-state index contributed by atoms with van der Waals surface area (Å²) in [6, 6.07) is 48.8. The number of hydrogen-bond acceptors (Lipinski definition) is 8. The van der Waals surface area contributed by atoms with Gasteiger partial charge in [-0.2, -0.15) is 11.8 Å². The Bertz CT molecular complexity index is 2460. The number of benzene rings is 6. The highest BCUT2D eigenvalue weighted by Crippen LogP contribution is 2.51. The van der Waals surface area contributed by atoms with Crippen molar-refractivity contribution in [3.63, 3.8) is 0 Å². The number of ether oxygens (including phenoxy) is 1. The second-order valence-corrected chi connectivity index (χ2v) is 20.1. The Morgan fingerprint density at radius 1 is 0.788 bits per heavy atom. The third kappa shape index (κ3) is 11.9. The third-order valence-corrected chi connectivity index (χ3v) is 14.1. The number of aromatic hydroxyl groups is 1. The molecule has 3 N–H and O–H groups in total. The van der Waals surface area contributed by atoms with Crippen molar-refractivity contribution in [3.8, 4) is 5.75 Å². The van der Waals surface area contributed by atoms with Crippen LogP contribution < -0.4 is 15.5 Å².